The molecule has 0 aliphatic heterocycles. The average Bonchev–Trinajstić information content (AvgIpc) is 2.78. The van der Waals surface area contributed by atoms with Gasteiger partial charge in [0.1, 0.15) is 0 Å². The van der Waals surface area contributed by atoms with Crippen molar-refractivity contribution < 1.29 is 5.11 Å². The van der Waals surface area contributed by atoms with Gasteiger partial charge < -0.3 is 10.8 Å². The highest BCUT2D eigenvalue weighted by Gasteiger charge is 2.34. The van der Waals surface area contributed by atoms with Gasteiger partial charge in [0.25, 0.3) is 0 Å². The van der Waals surface area contributed by atoms with Crippen LogP contribution in [0, 0.1) is 11.8 Å². The molecule has 3 heteroatoms. The highest BCUT2D eigenvalue weighted by atomic mass is 35.5. The molecule has 1 fully saturated rings. The molecule has 0 amide bonds. The fraction of sp³-hybridized carbons (Fsp3) is 0.600. The predicted molar refractivity (Wildman–Crippen MR) is 75.8 cm³/mol. The number of hydrogen-bond acceptors (Lipinski definition) is 2. The number of rotatable bonds is 4. The third-order valence-electron chi connectivity index (χ3n) is 4.33. The summed E-state index contributed by atoms with van der Waals surface area (Å²) in [6, 6.07) is 7.68. The SMILES string of the molecule is CC1CCCC1C(O)C(CN)c1ccc(Cl)cc1. The van der Waals surface area contributed by atoms with Gasteiger partial charge in [0.05, 0.1) is 6.10 Å². The molecule has 1 aliphatic rings. The van der Waals surface area contributed by atoms with Gasteiger partial charge in [0.2, 0.25) is 0 Å². The molecule has 18 heavy (non-hydrogen) atoms. The first-order chi connectivity index (χ1) is 8.63. The van der Waals surface area contributed by atoms with Gasteiger partial charge >= 0.3 is 0 Å². The van der Waals surface area contributed by atoms with Crippen molar-refractivity contribution in [1.29, 1.82) is 0 Å². The fourth-order valence-corrected chi connectivity index (χ4v) is 3.29. The van der Waals surface area contributed by atoms with Gasteiger partial charge in [-0.15, -0.1) is 0 Å². The van der Waals surface area contributed by atoms with Gasteiger partial charge in [-0.3, -0.25) is 0 Å². The maximum Gasteiger partial charge on any atom is 0.0651 e. The Balaban J connectivity index is 2.14. The van der Waals surface area contributed by atoms with Crippen molar-refractivity contribution in [1.82, 2.24) is 0 Å². The molecule has 2 rings (SSSR count). The van der Waals surface area contributed by atoms with Crippen LogP contribution in [-0.2, 0) is 0 Å². The van der Waals surface area contributed by atoms with E-state index in [1.54, 1.807) is 0 Å². The van der Waals surface area contributed by atoms with Crippen molar-refractivity contribution in [2.45, 2.75) is 38.2 Å². The molecule has 0 heterocycles. The molecule has 4 atom stereocenters. The second-order valence-corrected chi connectivity index (χ2v) is 5.89. The maximum absolute atomic E-state index is 10.6. The quantitative estimate of drug-likeness (QED) is 0.880. The number of aliphatic hydroxyl groups excluding tert-OH is 1. The number of halogens is 1. The van der Waals surface area contributed by atoms with Gasteiger partial charge in [-0.1, -0.05) is 43.5 Å². The molecule has 0 saturated heterocycles. The average molecular weight is 268 g/mol. The lowest BCUT2D eigenvalue weighted by molar-refractivity contribution is 0.0665. The van der Waals surface area contributed by atoms with Crippen LogP contribution in [0.1, 0.15) is 37.7 Å². The Morgan fingerprint density at radius 1 is 1.33 bits per heavy atom. The van der Waals surface area contributed by atoms with Crippen molar-refractivity contribution in [2.75, 3.05) is 6.54 Å². The molecule has 0 radical (unpaired) electrons. The molecule has 3 N–H and O–H groups in total. The van der Waals surface area contributed by atoms with Crippen molar-refractivity contribution in [2.24, 2.45) is 17.6 Å². The van der Waals surface area contributed by atoms with Crippen LogP contribution in [0.2, 0.25) is 5.02 Å². The van der Waals surface area contributed by atoms with Crippen LogP contribution in [0.25, 0.3) is 0 Å². The Morgan fingerprint density at radius 3 is 2.50 bits per heavy atom. The Labute approximate surface area is 114 Å². The molecule has 4 unspecified atom stereocenters. The molecule has 2 nitrogen and oxygen atoms in total. The summed E-state index contributed by atoms with van der Waals surface area (Å²) in [6.07, 6.45) is 3.22. The van der Waals surface area contributed by atoms with Crippen molar-refractivity contribution >= 4 is 11.6 Å². The topological polar surface area (TPSA) is 46.2 Å². The van der Waals surface area contributed by atoms with E-state index in [1.165, 1.54) is 12.8 Å². The Morgan fingerprint density at radius 2 is 2.00 bits per heavy atom. The zero-order valence-electron chi connectivity index (χ0n) is 10.8. The van der Waals surface area contributed by atoms with Crippen LogP contribution in [0.4, 0.5) is 0 Å². The van der Waals surface area contributed by atoms with Crippen LogP contribution in [0.15, 0.2) is 24.3 Å². The Kier molecular flexibility index (Phi) is 4.66. The third kappa shape index (κ3) is 2.87. The van der Waals surface area contributed by atoms with E-state index < -0.39 is 0 Å². The number of hydrogen-bond donors (Lipinski definition) is 2. The zero-order valence-corrected chi connectivity index (χ0v) is 11.6. The summed E-state index contributed by atoms with van der Waals surface area (Å²) >= 11 is 5.90. The first-order valence-electron chi connectivity index (χ1n) is 6.77. The minimum Gasteiger partial charge on any atom is -0.392 e. The summed E-state index contributed by atoms with van der Waals surface area (Å²) in [5.41, 5.74) is 6.96. The molecular formula is C15H22ClNO. The largest absolute Gasteiger partial charge is 0.392 e. The van der Waals surface area contributed by atoms with E-state index in [1.807, 2.05) is 24.3 Å². The molecule has 1 saturated carbocycles. The minimum atomic E-state index is -0.339. The van der Waals surface area contributed by atoms with E-state index in [4.69, 9.17) is 17.3 Å². The second kappa shape index (κ2) is 6.05. The number of aliphatic hydroxyl groups is 1. The third-order valence-corrected chi connectivity index (χ3v) is 4.58. The van der Waals surface area contributed by atoms with E-state index in [9.17, 15) is 5.11 Å². The summed E-state index contributed by atoms with van der Waals surface area (Å²) in [6.45, 7) is 2.71. The molecular weight excluding hydrogens is 246 g/mol. The Bertz CT molecular complexity index is 379. The van der Waals surface area contributed by atoms with Gasteiger partial charge in [0, 0.05) is 17.5 Å². The van der Waals surface area contributed by atoms with Crippen LogP contribution in [0.5, 0.6) is 0 Å². The standard InChI is InChI=1S/C15H22ClNO/c1-10-3-2-4-13(10)15(18)14(9-17)11-5-7-12(16)8-6-11/h5-8,10,13-15,18H,2-4,9,17H2,1H3. The van der Waals surface area contributed by atoms with Gasteiger partial charge in [-0.2, -0.15) is 0 Å². The lowest BCUT2D eigenvalue weighted by Gasteiger charge is -2.29. The van der Waals surface area contributed by atoms with Crippen molar-refractivity contribution in [3.8, 4) is 0 Å². The van der Waals surface area contributed by atoms with Crippen LogP contribution in [-0.4, -0.2) is 17.8 Å². The summed E-state index contributed by atoms with van der Waals surface area (Å²) in [5.74, 6) is 1.00. The van der Waals surface area contributed by atoms with E-state index in [2.05, 4.69) is 6.92 Å². The highest BCUT2D eigenvalue weighted by molar-refractivity contribution is 6.30. The van der Waals surface area contributed by atoms with Gasteiger partial charge in [-0.25, -0.2) is 0 Å². The predicted octanol–water partition coefficient (Wildman–Crippen LogP) is 3.18. The van der Waals surface area contributed by atoms with E-state index in [0.29, 0.717) is 18.4 Å². The maximum atomic E-state index is 10.6. The second-order valence-electron chi connectivity index (χ2n) is 5.46. The van der Waals surface area contributed by atoms with Crippen LogP contribution < -0.4 is 5.73 Å². The zero-order chi connectivity index (χ0) is 13.1. The van der Waals surface area contributed by atoms with E-state index in [0.717, 1.165) is 17.0 Å². The molecule has 1 aliphatic carbocycles. The van der Waals surface area contributed by atoms with Gasteiger partial charge in [-0.05, 0) is 36.0 Å². The monoisotopic (exact) mass is 267 g/mol. The van der Waals surface area contributed by atoms with Crippen LogP contribution >= 0.6 is 11.6 Å². The molecule has 0 bridgehead atoms. The number of benzene rings is 1. The lowest BCUT2D eigenvalue weighted by Crippen LogP contribution is -2.33. The normalized spacial score (nSPS) is 27.1. The summed E-state index contributed by atoms with van der Waals surface area (Å²) in [5, 5.41) is 11.3. The summed E-state index contributed by atoms with van der Waals surface area (Å²) < 4.78 is 0. The number of nitrogens with two attached hydrogens (primary N) is 1. The lowest BCUT2D eigenvalue weighted by atomic mass is 9.81. The molecule has 1 aromatic rings. The summed E-state index contributed by atoms with van der Waals surface area (Å²) in [7, 11) is 0. The molecule has 100 valence electrons. The summed E-state index contributed by atoms with van der Waals surface area (Å²) in [4.78, 5) is 0. The smallest absolute Gasteiger partial charge is 0.0651 e. The van der Waals surface area contributed by atoms with Crippen molar-refractivity contribution in [3.63, 3.8) is 0 Å². The van der Waals surface area contributed by atoms with Gasteiger partial charge in [0.15, 0.2) is 0 Å². The highest BCUT2D eigenvalue weighted by Crippen LogP contribution is 2.38. The van der Waals surface area contributed by atoms with Crippen molar-refractivity contribution in [3.05, 3.63) is 34.9 Å². The fourth-order valence-electron chi connectivity index (χ4n) is 3.16. The van der Waals surface area contributed by atoms with E-state index >= 15 is 0 Å². The molecule has 0 aromatic heterocycles. The first-order valence-corrected chi connectivity index (χ1v) is 7.15. The minimum absolute atomic E-state index is 0.0211. The first kappa shape index (κ1) is 13.9. The molecule has 1 aromatic carbocycles. The Hall–Kier alpha value is -0.570. The van der Waals surface area contributed by atoms with E-state index in [-0.39, 0.29) is 12.0 Å². The van der Waals surface area contributed by atoms with Crippen LogP contribution in [0.3, 0.4) is 0 Å². The molecule has 0 spiro atoms.